The van der Waals surface area contributed by atoms with Gasteiger partial charge in [0.2, 0.25) is 0 Å². The molecular weight excluding hydrogens is 378 g/mol. The summed E-state index contributed by atoms with van der Waals surface area (Å²) in [5.74, 6) is 2.50. The Kier molecular flexibility index (Phi) is 4.93. The molecule has 2 aromatic rings. The Balaban J connectivity index is 1.33. The van der Waals surface area contributed by atoms with Crippen molar-refractivity contribution in [2.75, 3.05) is 24.5 Å². The molecule has 3 aliphatic rings. The van der Waals surface area contributed by atoms with Gasteiger partial charge in [0.25, 0.3) is 5.91 Å². The fourth-order valence-electron chi connectivity index (χ4n) is 5.63. The van der Waals surface area contributed by atoms with Crippen LogP contribution in [0.25, 0.3) is 0 Å². The van der Waals surface area contributed by atoms with Gasteiger partial charge in [-0.2, -0.15) is 0 Å². The van der Waals surface area contributed by atoms with Crippen LogP contribution in [0.3, 0.4) is 0 Å². The molecule has 0 radical (unpaired) electrons. The van der Waals surface area contributed by atoms with Crippen molar-refractivity contribution in [3.8, 4) is 0 Å². The summed E-state index contributed by atoms with van der Waals surface area (Å²) in [5.41, 5.74) is 1.58. The van der Waals surface area contributed by atoms with Crippen LogP contribution in [0, 0.1) is 18.8 Å². The van der Waals surface area contributed by atoms with Crippen LogP contribution in [0.15, 0.2) is 30.6 Å². The summed E-state index contributed by atoms with van der Waals surface area (Å²) >= 11 is 0. The number of carbonyl (C=O) groups excluding carboxylic acids is 1. The Labute approximate surface area is 177 Å². The zero-order valence-corrected chi connectivity index (χ0v) is 17.7. The summed E-state index contributed by atoms with van der Waals surface area (Å²) in [5, 5.41) is 3.10. The first-order valence-corrected chi connectivity index (χ1v) is 11.0. The van der Waals surface area contributed by atoms with Gasteiger partial charge in [-0.25, -0.2) is 9.97 Å². The first-order chi connectivity index (χ1) is 14.6. The average Bonchev–Trinajstić information content (AvgIpc) is 3.43. The van der Waals surface area contributed by atoms with Gasteiger partial charge in [-0.1, -0.05) is 19.4 Å². The molecule has 5 rings (SSSR count). The smallest absolute Gasteiger partial charge is 0.269 e. The quantitative estimate of drug-likeness (QED) is 0.793. The van der Waals surface area contributed by atoms with Crippen molar-refractivity contribution in [3.63, 3.8) is 0 Å². The van der Waals surface area contributed by atoms with E-state index in [2.05, 4.69) is 27.1 Å². The van der Waals surface area contributed by atoms with Crippen molar-refractivity contribution >= 4 is 11.7 Å². The third kappa shape index (κ3) is 3.25. The van der Waals surface area contributed by atoms with E-state index in [1.807, 2.05) is 25.3 Å². The third-order valence-corrected chi connectivity index (χ3v) is 6.96. The van der Waals surface area contributed by atoms with Crippen molar-refractivity contribution in [1.82, 2.24) is 20.3 Å². The van der Waals surface area contributed by atoms with E-state index in [-0.39, 0.29) is 17.6 Å². The normalized spacial score (nSPS) is 29.3. The summed E-state index contributed by atoms with van der Waals surface area (Å²) in [7, 11) is 0. The monoisotopic (exact) mass is 407 g/mol. The van der Waals surface area contributed by atoms with Crippen LogP contribution >= 0.6 is 0 Å². The Morgan fingerprint density at radius 1 is 1.37 bits per heavy atom. The first-order valence-electron chi connectivity index (χ1n) is 11.0. The van der Waals surface area contributed by atoms with Gasteiger partial charge in [0.05, 0.1) is 11.7 Å². The van der Waals surface area contributed by atoms with Crippen LogP contribution in [-0.4, -0.2) is 52.2 Å². The fourth-order valence-corrected chi connectivity index (χ4v) is 5.63. The molecule has 3 aliphatic heterocycles. The van der Waals surface area contributed by atoms with Gasteiger partial charge >= 0.3 is 0 Å². The van der Waals surface area contributed by atoms with Gasteiger partial charge < -0.3 is 15.0 Å². The summed E-state index contributed by atoms with van der Waals surface area (Å²) in [6.45, 7) is 6.57. The highest BCUT2D eigenvalue weighted by molar-refractivity contribution is 5.92. The van der Waals surface area contributed by atoms with E-state index in [4.69, 9.17) is 9.72 Å². The molecule has 0 unspecified atom stereocenters. The molecule has 1 N–H and O–H groups in total. The maximum Gasteiger partial charge on any atom is 0.269 e. The molecule has 4 atom stereocenters. The number of rotatable bonds is 6. The number of anilines is 1. The van der Waals surface area contributed by atoms with Gasteiger partial charge in [0, 0.05) is 49.4 Å². The minimum Gasteiger partial charge on any atom is -0.369 e. The number of fused-ring (bicyclic) bond motifs is 1. The Morgan fingerprint density at radius 2 is 2.27 bits per heavy atom. The van der Waals surface area contributed by atoms with E-state index in [0.29, 0.717) is 24.1 Å². The lowest BCUT2D eigenvalue weighted by atomic mass is 9.73. The molecule has 30 heavy (non-hydrogen) atoms. The van der Waals surface area contributed by atoms with Crippen molar-refractivity contribution in [2.24, 2.45) is 11.8 Å². The summed E-state index contributed by atoms with van der Waals surface area (Å²) in [6.07, 6.45) is 8.09. The Bertz CT molecular complexity index is 936. The number of nitrogens with zero attached hydrogens (tertiary/aromatic N) is 4. The number of carbonyl (C=O) groups is 1. The predicted molar refractivity (Wildman–Crippen MR) is 113 cm³/mol. The Hall–Kier alpha value is -2.54. The van der Waals surface area contributed by atoms with E-state index in [0.717, 1.165) is 50.4 Å². The standard InChI is InChI=1S/C23H29N5O2/c1-3-6-16-11-25-15(2)27-21(16)28-13-18-17(20-8-9-23(18,14-28)30-20)12-26-22(29)19-7-4-5-10-24-19/h4-5,7,10-11,17-18,20H,3,6,8-9,12-14H2,1-2H3,(H,26,29)/t17-,18+,20+,23+/m0/s1. The average molecular weight is 408 g/mol. The zero-order valence-electron chi connectivity index (χ0n) is 17.7. The van der Waals surface area contributed by atoms with Crippen molar-refractivity contribution < 1.29 is 9.53 Å². The summed E-state index contributed by atoms with van der Waals surface area (Å²) in [6, 6.07) is 5.40. The molecule has 3 saturated heterocycles. The van der Waals surface area contributed by atoms with Gasteiger partial charge in [0.1, 0.15) is 17.3 Å². The number of pyridine rings is 1. The van der Waals surface area contributed by atoms with E-state index >= 15 is 0 Å². The molecular formula is C23H29N5O2. The fraction of sp³-hybridized carbons (Fsp3) is 0.565. The van der Waals surface area contributed by atoms with Crippen LogP contribution < -0.4 is 10.2 Å². The van der Waals surface area contributed by atoms with Crippen molar-refractivity contribution in [3.05, 3.63) is 47.7 Å². The number of hydrogen-bond donors (Lipinski definition) is 1. The molecule has 1 amide bonds. The van der Waals surface area contributed by atoms with Crippen molar-refractivity contribution in [2.45, 2.75) is 51.2 Å². The number of ether oxygens (including phenoxy) is 1. The molecule has 158 valence electrons. The second-order valence-corrected chi connectivity index (χ2v) is 8.85. The molecule has 1 spiro atoms. The highest BCUT2D eigenvalue weighted by Gasteiger charge is 2.63. The molecule has 5 heterocycles. The molecule has 3 fully saturated rings. The summed E-state index contributed by atoms with van der Waals surface area (Å²) < 4.78 is 6.56. The number of nitrogens with one attached hydrogen (secondary N) is 1. The highest BCUT2D eigenvalue weighted by atomic mass is 16.5. The minimum atomic E-state index is -0.112. The van der Waals surface area contributed by atoms with E-state index in [1.54, 1.807) is 12.3 Å². The lowest BCUT2D eigenvalue weighted by Crippen LogP contribution is -2.42. The van der Waals surface area contributed by atoms with E-state index < -0.39 is 0 Å². The lowest BCUT2D eigenvalue weighted by molar-refractivity contribution is 0.0141. The number of amides is 1. The number of aromatic nitrogens is 3. The third-order valence-electron chi connectivity index (χ3n) is 6.96. The van der Waals surface area contributed by atoms with Gasteiger partial charge in [-0.15, -0.1) is 0 Å². The molecule has 7 nitrogen and oxygen atoms in total. The van der Waals surface area contributed by atoms with Crippen LogP contribution in [0.1, 0.15) is 48.1 Å². The number of hydrogen-bond acceptors (Lipinski definition) is 6. The molecule has 2 bridgehead atoms. The first kappa shape index (κ1) is 19.4. The van der Waals surface area contributed by atoms with Crippen molar-refractivity contribution in [1.29, 1.82) is 0 Å². The van der Waals surface area contributed by atoms with E-state index in [1.165, 1.54) is 5.56 Å². The van der Waals surface area contributed by atoms with Crippen LogP contribution in [0.5, 0.6) is 0 Å². The minimum absolute atomic E-state index is 0.104. The topological polar surface area (TPSA) is 80.2 Å². The van der Waals surface area contributed by atoms with Gasteiger partial charge in [-0.3, -0.25) is 9.78 Å². The maximum atomic E-state index is 12.5. The molecule has 2 aromatic heterocycles. The zero-order chi connectivity index (χ0) is 20.7. The van der Waals surface area contributed by atoms with Crippen LogP contribution in [-0.2, 0) is 11.2 Å². The Morgan fingerprint density at radius 3 is 3.07 bits per heavy atom. The SMILES string of the molecule is CCCc1cnc(C)nc1N1C[C@@H]2[C@H](CNC(=O)c3ccccn3)[C@H]3CC[C@]2(C1)O3. The largest absolute Gasteiger partial charge is 0.369 e. The molecule has 7 heteroatoms. The summed E-state index contributed by atoms with van der Waals surface area (Å²) in [4.78, 5) is 28.3. The van der Waals surface area contributed by atoms with Gasteiger partial charge in [-0.05, 0) is 38.3 Å². The molecule has 0 aliphatic carbocycles. The number of aryl methyl sites for hydroxylation is 2. The lowest BCUT2D eigenvalue weighted by Gasteiger charge is -2.29. The predicted octanol–water partition coefficient (Wildman–Crippen LogP) is 2.55. The van der Waals surface area contributed by atoms with E-state index in [9.17, 15) is 4.79 Å². The molecule has 0 aromatic carbocycles. The van der Waals surface area contributed by atoms with Gasteiger partial charge in [0.15, 0.2) is 0 Å². The highest BCUT2D eigenvalue weighted by Crippen LogP contribution is 2.55. The maximum absolute atomic E-state index is 12.5. The molecule has 0 saturated carbocycles. The second kappa shape index (κ2) is 7.61. The van der Waals surface area contributed by atoms with Crippen LogP contribution in [0.4, 0.5) is 5.82 Å². The van der Waals surface area contributed by atoms with Crippen LogP contribution in [0.2, 0.25) is 0 Å². The second-order valence-electron chi connectivity index (χ2n) is 8.85.